The first-order chi connectivity index (χ1) is 9.20. The van der Waals surface area contributed by atoms with Gasteiger partial charge in [0.25, 0.3) is 0 Å². The lowest BCUT2D eigenvalue weighted by molar-refractivity contribution is 0.393. The molecule has 0 spiro atoms. The molecular formula is C15H18BrFN2. The lowest BCUT2D eigenvalue weighted by atomic mass is 9.96. The number of hydrogen-bond acceptors (Lipinski definition) is 2. The molecule has 0 bridgehead atoms. The summed E-state index contributed by atoms with van der Waals surface area (Å²) >= 11 is 3.43. The average Bonchev–Trinajstić information content (AvgIpc) is 2.64. The van der Waals surface area contributed by atoms with Gasteiger partial charge in [0, 0.05) is 17.1 Å². The fourth-order valence-electron chi connectivity index (χ4n) is 2.63. The molecule has 1 saturated carbocycles. The van der Waals surface area contributed by atoms with Crippen LogP contribution in [0.1, 0.15) is 37.7 Å². The monoisotopic (exact) mass is 324 g/mol. The molecule has 2 unspecified atom stereocenters. The molecule has 0 heterocycles. The van der Waals surface area contributed by atoms with E-state index in [0.717, 1.165) is 29.3 Å². The Morgan fingerprint density at radius 3 is 2.89 bits per heavy atom. The molecule has 0 aromatic heterocycles. The van der Waals surface area contributed by atoms with Gasteiger partial charge in [0.15, 0.2) is 0 Å². The Morgan fingerprint density at radius 2 is 2.11 bits per heavy atom. The quantitative estimate of drug-likeness (QED) is 0.848. The number of nitrogens with one attached hydrogen (secondary N) is 1. The molecule has 0 radical (unpaired) electrons. The van der Waals surface area contributed by atoms with Crippen LogP contribution < -0.4 is 5.32 Å². The fourth-order valence-corrected chi connectivity index (χ4v) is 3.01. The Labute approximate surface area is 122 Å². The van der Waals surface area contributed by atoms with Crippen molar-refractivity contribution in [3.8, 4) is 6.07 Å². The van der Waals surface area contributed by atoms with Gasteiger partial charge in [-0.2, -0.15) is 5.26 Å². The SMILES string of the molecule is N#CC1CCCCCC1NCc1cc(F)ccc1Br. The van der Waals surface area contributed by atoms with Crippen LogP contribution in [-0.4, -0.2) is 6.04 Å². The highest BCUT2D eigenvalue weighted by Crippen LogP contribution is 2.24. The summed E-state index contributed by atoms with van der Waals surface area (Å²) in [6.45, 7) is 0.598. The van der Waals surface area contributed by atoms with Crippen LogP contribution in [0.15, 0.2) is 22.7 Å². The molecule has 2 nitrogen and oxygen atoms in total. The predicted molar refractivity (Wildman–Crippen MR) is 76.9 cm³/mol. The summed E-state index contributed by atoms with van der Waals surface area (Å²) in [7, 11) is 0. The van der Waals surface area contributed by atoms with E-state index in [2.05, 4.69) is 27.3 Å². The number of halogens is 2. The number of rotatable bonds is 3. The van der Waals surface area contributed by atoms with Gasteiger partial charge in [-0.1, -0.05) is 35.2 Å². The summed E-state index contributed by atoms with van der Waals surface area (Å²) in [5.74, 6) is -0.146. The minimum atomic E-state index is -0.224. The van der Waals surface area contributed by atoms with Gasteiger partial charge in [0.1, 0.15) is 5.82 Å². The van der Waals surface area contributed by atoms with Crippen LogP contribution in [-0.2, 0) is 6.54 Å². The first-order valence-electron chi connectivity index (χ1n) is 6.77. The molecule has 1 fully saturated rings. The van der Waals surface area contributed by atoms with Gasteiger partial charge in [-0.25, -0.2) is 4.39 Å². The third-order valence-electron chi connectivity index (χ3n) is 3.74. The predicted octanol–water partition coefficient (Wildman–Crippen LogP) is 4.15. The second kappa shape index (κ2) is 7.02. The maximum atomic E-state index is 13.2. The van der Waals surface area contributed by atoms with E-state index in [9.17, 15) is 9.65 Å². The summed E-state index contributed by atoms with van der Waals surface area (Å²) in [6, 6.07) is 7.33. The van der Waals surface area contributed by atoms with Gasteiger partial charge in [-0.3, -0.25) is 0 Å². The number of hydrogen-bond donors (Lipinski definition) is 1. The number of nitriles is 1. The first-order valence-corrected chi connectivity index (χ1v) is 7.57. The van der Waals surface area contributed by atoms with Crippen molar-refractivity contribution in [3.05, 3.63) is 34.1 Å². The van der Waals surface area contributed by atoms with E-state index in [0.29, 0.717) is 6.54 Å². The van der Waals surface area contributed by atoms with Gasteiger partial charge in [0.2, 0.25) is 0 Å². The van der Waals surface area contributed by atoms with E-state index >= 15 is 0 Å². The summed E-state index contributed by atoms with van der Waals surface area (Å²) < 4.78 is 14.1. The third-order valence-corrected chi connectivity index (χ3v) is 4.52. The second-order valence-electron chi connectivity index (χ2n) is 5.10. The molecule has 1 aromatic rings. The van der Waals surface area contributed by atoms with Crippen LogP contribution in [0.4, 0.5) is 4.39 Å². The molecule has 102 valence electrons. The summed E-state index contributed by atoms with van der Waals surface area (Å²) in [5.41, 5.74) is 0.904. The van der Waals surface area contributed by atoms with Crippen molar-refractivity contribution in [2.45, 2.75) is 44.7 Å². The van der Waals surface area contributed by atoms with Crippen LogP contribution >= 0.6 is 15.9 Å². The molecule has 0 aliphatic heterocycles. The lowest BCUT2D eigenvalue weighted by Gasteiger charge is -2.21. The highest BCUT2D eigenvalue weighted by Gasteiger charge is 2.23. The Morgan fingerprint density at radius 1 is 1.32 bits per heavy atom. The van der Waals surface area contributed by atoms with Crippen LogP contribution in [0.25, 0.3) is 0 Å². The summed E-state index contributed by atoms with van der Waals surface area (Å²) in [4.78, 5) is 0. The Kier molecular flexibility index (Phi) is 5.35. The largest absolute Gasteiger partial charge is 0.309 e. The molecular weight excluding hydrogens is 307 g/mol. The normalized spacial score (nSPS) is 23.6. The van der Waals surface area contributed by atoms with E-state index in [1.54, 1.807) is 6.07 Å². The molecule has 1 aromatic carbocycles. The van der Waals surface area contributed by atoms with Gasteiger partial charge in [-0.05, 0) is 36.6 Å². The minimum absolute atomic E-state index is 0.0786. The van der Waals surface area contributed by atoms with Gasteiger partial charge in [-0.15, -0.1) is 0 Å². The molecule has 1 N–H and O–H groups in total. The smallest absolute Gasteiger partial charge is 0.123 e. The second-order valence-corrected chi connectivity index (χ2v) is 5.95. The maximum Gasteiger partial charge on any atom is 0.123 e. The zero-order chi connectivity index (χ0) is 13.7. The van der Waals surface area contributed by atoms with Crippen molar-refractivity contribution >= 4 is 15.9 Å². The van der Waals surface area contributed by atoms with E-state index in [4.69, 9.17) is 0 Å². The van der Waals surface area contributed by atoms with Gasteiger partial charge in [0.05, 0.1) is 12.0 Å². The lowest BCUT2D eigenvalue weighted by Crippen LogP contribution is -2.34. The highest BCUT2D eigenvalue weighted by molar-refractivity contribution is 9.10. The Bertz CT molecular complexity index is 470. The van der Waals surface area contributed by atoms with E-state index in [-0.39, 0.29) is 17.8 Å². The molecule has 0 saturated heterocycles. The molecule has 2 atom stereocenters. The highest BCUT2D eigenvalue weighted by atomic mass is 79.9. The standard InChI is InChI=1S/C15H18BrFN2/c16-14-7-6-13(17)8-12(14)10-19-15-5-3-1-2-4-11(15)9-18/h6-8,11,15,19H,1-5,10H2. The van der Waals surface area contributed by atoms with E-state index in [1.807, 2.05) is 0 Å². The van der Waals surface area contributed by atoms with Crippen LogP contribution in [0.3, 0.4) is 0 Å². The molecule has 0 amide bonds. The summed E-state index contributed by atoms with van der Waals surface area (Å²) in [6.07, 6.45) is 5.52. The molecule has 1 aliphatic rings. The van der Waals surface area contributed by atoms with E-state index < -0.39 is 0 Å². The minimum Gasteiger partial charge on any atom is -0.309 e. The van der Waals surface area contributed by atoms with Crippen molar-refractivity contribution in [2.24, 2.45) is 5.92 Å². The molecule has 1 aliphatic carbocycles. The van der Waals surface area contributed by atoms with Crippen LogP contribution in [0.2, 0.25) is 0 Å². The Balaban J connectivity index is 2.00. The van der Waals surface area contributed by atoms with Gasteiger partial charge < -0.3 is 5.32 Å². The maximum absolute atomic E-state index is 13.2. The van der Waals surface area contributed by atoms with Crippen molar-refractivity contribution in [3.63, 3.8) is 0 Å². The van der Waals surface area contributed by atoms with E-state index in [1.165, 1.54) is 25.0 Å². The fraction of sp³-hybridized carbons (Fsp3) is 0.533. The molecule has 2 rings (SSSR count). The first kappa shape index (κ1) is 14.5. The van der Waals surface area contributed by atoms with Crippen molar-refractivity contribution < 1.29 is 4.39 Å². The van der Waals surface area contributed by atoms with Crippen LogP contribution in [0.5, 0.6) is 0 Å². The number of benzene rings is 1. The number of nitrogens with zero attached hydrogens (tertiary/aromatic N) is 1. The Hall–Kier alpha value is -0.920. The third kappa shape index (κ3) is 4.02. The van der Waals surface area contributed by atoms with Crippen molar-refractivity contribution in [1.82, 2.24) is 5.32 Å². The van der Waals surface area contributed by atoms with Crippen LogP contribution in [0, 0.1) is 23.1 Å². The average molecular weight is 325 g/mol. The zero-order valence-corrected chi connectivity index (χ0v) is 12.4. The van der Waals surface area contributed by atoms with Crippen molar-refractivity contribution in [2.75, 3.05) is 0 Å². The molecule has 4 heteroatoms. The zero-order valence-electron chi connectivity index (χ0n) is 10.8. The summed E-state index contributed by atoms with van der Waals surface area (Å²) in [5, 5.41) is 12.7. The molecule has 19 heavy (non-hydrogen) atoms. The van der Waals surface area contributed by atoms with Gasteiger partial charge >= 0.3 is 0 Å². The van der Waals surface area contributed by atoms with Crippen molar-refractivity contribution in [1.29, 1.82) is 5.26 Å². The topological polar surface area (TPSA) is 35.8 Å².